The lowest BCUT2D eigenvalue weighted by atomic mass is 10.2. The van der Waals surface area contributed by atoms with Gasteiger partial charge in [0.05, 0.1) is 28.6 Å². The Morgan fingerprint density at radius 3 is 2.96 bits per heavy atom. The van der Waals surface area contributed by atoms with Crippen LogP contribution in [0.3, 0.4) is 0 Å². The molecule has 1 aromatic carbocycles. The SMILES string of the molecule is C=CCn1c(=NC(=O)c2ccno2)sc2cc(C(=O)OCC)ccc21. The molecule has 0 aliphatic carbocycles. The zero-order chi connectivity index (χ0) is 17.8. The molecule has 7 nitrogen and oxygen atoms in total. The van der Waals surface area contributed by atoms with Gasteiger partial charge in [-0.1, -0.05) is 22.6 Å². The van der Waals surface area contributed by atoms with Gasteiger partial charge in [0, 0.05) is 12.6 Å². The predicted octanol–water partition coefficient (Wildman–Crippen LogP) is 2.79. The van der Waals surface area contributed by atoms with E-state index in [1.54, 1.807) is 31.2 Å². The van der Waals surface area contributed by atoms with Crippen LogP contribution >= 0.6 is 11.3 Å². The standard InChI is InChI=1S/C17H15N3O4S/c1-3-9-20-12-6-5-11(16(22)23-4-2)10-14(12)25-17(20)19-15(21)13-7-8-18-24-13/h3,5-8,10H,1,4,9H2,2H3. The number of aromatic nitrogens is 2. The topological polar surface area (TPSA) is 86.7 Å². The van der Waals surface area contributed by atoms with Gasteiger partial charge < -0.3 is 13.8 Å². The summed E-state index contributed by atoms with van der Waals surface area (Å²) in [5, 5.41) is 3.51. The Hall–Kier alpha value is -3.00. The van der Waals surface area contributed by atoms with Crippen LogP contribution in [0.4, 0.5) is 0 Å². The van der Waals surface area contributed by atoms with Gasteiger partial charge in [0.25, 0.3) is 0 Å². The molecule has 8 heteroatoms. The Bertz CT molecular complexity index is 999. The van der Waals surface area contributed by atoms with Crippen molar-refractivity contribution in [2.24, 2.45) is 4.99 Å². The Kier molecular flexibility index (Phi) is 4.90. The molecule has 0 N–H and O–H groups in total. The molecule has 0 fully saturated rings. The van der Waals surface area contributed by atoms with E-state index in [4.69, 9.17) is 9.26 Å². The van der Waals surface area contributed by atoms with Crippen LogP contribution in [-0.2, 0) is 11.3 Å². The van der Waals surface area contributed by atoms with Gasteiger partial charge in [0.15, 0.2) is 4.80 Å². The highest BCUT2D eigenvalue weighted by Gasteiger charge is 2.13. The minimum Gasteiger partial charge on any atom is -0.462 e. The maximum absolute atomic E-state index is 12.2. The fourth-order valence-corrected chi connectivity index (χ4v) is 3.35. The largest absolute Gasteiger partial charge is 0.462 e. The molecule has 0 saturated heterocycles. The zero-order valence-electron chi connectivity index (χ0n) is 13.5. The number of hydrogen-bond donors (Lipinski definition) is 0. The lowest BCUT2D eigenvalue weighted by molar-refractivity contribution is 0.0526. The molecule has 0 unspecified atom stereocenters. The molecule has 2 heterocycles. The summed E-state index contributed by atoms with van der Waals surface area (Å²) < 4.78 is 12.5. The van der Waals surface area contributed by atoms with E-state index in [1.165, 1.54) is 23.6 Å². The fourth-order valence-electron chi connectivity index (χ4n) is 2.27. The van der Waals surface area contributed by atoms with Gasteiger partial charge in [-0.15, -0.1) is 6.58 Å². The van der Waals surface area contributed by atoms with E-state index < -0.39 is 5.91 Å². The second-order valence-corrected chi connectivity index (χ2v) is 5.99. The molecular weight excluding hydrogens is 342 g/mol. The maximum atomic E-state index is 12.2. The second-order valence-electron chi connectivity index (χ2n) is 4.98. The van der Waals surface area contributed by atoms with Gasteiger partial charge >= 0.3 is 11.9 Å². The number of hydrogen-bond acceptors (Lipinski definition) is 6. The maximum Gasteiger partial charge on any atom is 0.338 e. The summed E-state index contributed by atoms with van der Waals surface area (Å²) in [6.07, 6.45) is 3.10. The first-order chi connectivity index (χ1) is 12.1. The normalized spacial score (nSPS) is 11.6. The van der Waals surface area contributed by atoms with Crippen molar-refractivity contribution in [3.63, 3.8) is 0 Å². The first-order valence-corrected chi connectivity index (χ1v) is 8.36. The number of ether oxygens (including phenoxy) is 1. The van der Waals surface area contributed by atoms with Gasteiger partial charge in [-0.05, 0) is 25.1 Å². The lowest BCUT2D eigenvalue weighted by Gasteiger charge is -2.03. The monoisotopic (exact) mass is 357 g/mol. The molecule has 0 spiro atoms. The summed E-state index contributed by atoms with van der Waals surface area (Å²) in [6, 6.07) is 6.68. The quantitative estimate of drug-likeness (QED) is 0.518. The highest BCUT2D eigenvalue weighted by atomic mass is 32.1. The second kappa shape index (κ2) is 7.27. The van der Waals surface area contributed by atoms with Crippen molar-refractivity contribution < 1.29 is 18.8 Å². The Morgan fingerprint density at radius 1 is 1.44 bits per heavy atom. The summed E-state index contributed by atoms with van der Waals surface area (Å²) in [6.45, 7) is 6.28. The molecule has 0 atom stereocenters. The summed E-state index contributed by atoms with van der Waals surface area (Å²) in [5.74, 6) is -0.841. The van der Waals surface area contributed by atoms with Crippen LogP contribution < -0.4 is 4.80 Å². The molecule has 0 aliphatic heterocycles. The minimum absolute atomic E-state index is 0.0646. The third-order valence-corrected chi connectivity index (χ3v) is 4.39. The average molecular weight is 357 g/mol. The lowest BCUT2D eigenvalue weighted by Crippen LogP contribution is -2.16. The van der Waals surface area contributed by atoms with Crippen molar-refractivity contribution in [2.45, 2.75) is 13.5 Å². The molecule has 128 valence electrons. The van der Waals surface area contributed by atoms with Crippen LogP contribution in [-0.4, -0.2) is 28.2 Å². The van der Waals surface area contributed by atoms with Crippen LogP contribution in [0.1, 0.15) is 27.8 Å². The predicted molar refractivity (Wildman–Crippen MR) is 92.4 cm³/mol. The highest BCUT2D eigenvalue weighted by Crippen LogP contribution is 2.20. The van der Waals surface area contributed by atoms with Crippen molar-refractivity contribution in [1.82, 2.24) is 9.72 Å². The van der Waals surface area contributed by atoms with E-state index in [0.29, 0.717) is 23.5 Å². The van der Waals surface area contributed by atoms with Crippen LogP contribution in [0, 0.1) is 0 Å². The first kappa shape index (κ1) is 16.8. The van der Waals surface area contributed by atoms with E-state index in [2.05, 4.69) is 16.7 Å². The van der Waals surface area contributed by atoms with Gasteiger partial charge in [0.1, 0.15) is 0 Å². The zero-order valence-corrected chi connectivity index (χ0v) is 14.3. The summed E-state index contributed by atoms with van der Waals surface area (Å²) in [7, 11) is 0. The fraction of sp³-hybridized carbons (Fsp3) is 0.176. The Morgan fingerprint density at radius 2 is 2.28 bits per heavy atom. The van der Waals surface area contributed by atoms with E-state index in [0.717, 1.165) is 10.2 Å². The summed E-state index contributed by atoms with van der Waals surface area (Å²) in [4.78, 5) is 28.7. The number of nitrogens with zero attached hydrogens (tertiary/aromatic N) is 3. The summed E-state index contributed by atoms with van der Waals surface area (Å²) >= 11 is 1.30. The number of rotatable bonds is 5. The number of esters is 1. The third kappa shape index (κ3) is 3.43. The number of carbonyl (C=O) groups excluding carboxylic acids is 2. The molecule has 0 radical (unpaired) electrons. The molecule has 1 amide bonds. The van der Waals surface area contributed by atoms with Gasteiger partial charge in [-0.2, -0.15) is 4.99 Å². The third-order valence-electron chi connectivity index (χ3n) is 3.35. The smallest absolute Gasteiger partial charge is 0.338 e. The van der Waals surface area contributed by atoms with Crippen molar-refractivity contribution in [3.05, 3.63) is 59.2 Å². The molecule has 0 saturated carbocycles. The number of thiazole rings is 1. The molecule has 2 aromatic heterocycles. The summed E-state index contributed by atoms with van der Waals surface area (Å²) in [5.41, 5.74) is 1.30. The Labute approximate surface area is 146 Å². The number of fused-ring (bicyclic) bond motifs is 1. The first-order valence-electron chi connectivity index (χ1n) is 7.55. The molecule has 3 aromatic rings. The van der Waals surface area contributed by atoms with Gasteiger partial charge in [-0.3, -0.25) is 4.79 Å². The van der Waals surface area contributed by atoms with Crippen LogP contribution in [0.15, 0.2) is 52.6 Å². The van der Waals surface area contributed by atoms with Crippen molar-refractivity contribution in [3.8, 4) is 0 Å². The van der Waals surface area contributed by atoms with Gasteiger partial charge in [-0.25, -0.2) is 4.79 Å². The van der Waals surface area contributed by atoms with Crippen molar-refractivity contribution >= 4 is 33.4 Å². The molecule has 3 rings (SSSR count). The van der Waals surface area contributed by atoms with Crippen LogP contribution in [0.5, 0.6) is 0 Å². The number of allylic oxidation sites excluding steroid dienone is 1. The molecule has 25 heavy (non-hydrogen) atoms. The van der Waals surface area contributed by atoms with Gasteiger partial charge in [0.2, 0.25) is 5.76 Å². The van der Waals surface area contributed by atoms with Crippen LogP contribution in [0.2, 0.25) is 0 Å². The van der Waals surface area contributed by atoms with E-state index in [9.17, 15) is 9.59 Å². The highest BCUT2D eigenvalue weighted by molar-refractivity contribution is 7.16. The number of benzene rings is 1. The van der Waals surface area contributed by atoms with Crippen molar-refractivity contribution in [2.75, 3.05) is 6.61 Å². The Balaban J connectivity index is 2.11. The van der Waals surface area contributed by atoms with E-state index in [1.807, 2.05) is 4.57 Å². The van der Waals surface area contributed by atoms with Crippen LogP contribution in [0.25, 0.3) is 10.2 Å². The minimum atomic E-state index is -0.521. The van der Waals surface area contributed by atoms with E-state index in [-0.39, 0.29) is 11.7 Å². The van der Waals surface area contributed by atoms with Crippen molar-refractivity contribution in [1.29, 1.82) is 0 Å². The number of carbonyl (C=O) groups is 2. The number of amides is 1. The average Bonchev–Trinajstić information content (AvgIpc) is 3.24. The van der Waals surface area contributed by atoms with E-state index >= 15 is 0 Å². The molecule has 0 bridgehead atoms. The molecular formula is C17H15N3O4S. The molecule has 0 aliphatic rings.